The van der Waals surface area contributed by atoms with Crippen molar-refractivity contribution in [2.75, 3.05) is 0 Å². The molecule has 0 spiro atoms. The first kappa shape index (κ1) is 29.9. The van der Waals surface area contributed by atoms with E-state index in [0.717, 1.165) is 5.52 Å². The van der Waals surface area contributed by atoms with Crippen molar-refractivity contribution in [3.05, 3.63) is 107 Å². The summed E-state index contributed by atoms with van der Waals surface area (Å²) in [4.78, 5) is 8.45. The van der Waals surface area contributed by atoms with E-state index in [0.29, 0.717) is 0 Å². The minimum absolute atomic E-state index is 0.212. The van der Waals surface area contributed by atoms with Crippen LogP contribution in [0.5, 0.6) is 0 Å². The predicted octanol–water partition coefficient (Wildman–Crippen LogP) is 11.3. The maximum atomic E-state index is 4.31. The average molecular weight is 567 g/mol. The third-order valence-corrected chi connectivity index (χ3v) is 8.71. The molecule has 3 heterocycles. The van der Waals surface area contributed by atoms with Crippen LogP contribution in [0.1, 0.15) is 79.0 Å². The van der Waals surface area contributed by atoms with Gasteiger partial charge in [0.2, 0.25) is 0 Å². The van der Waals surface area contributed by atoms with Gasteiger partial charge in [0.25, 0.3) is 0 Å². The van der Waals surface area contributed by atoms with Crippen molar-refractivity contribution in [2.45, 2.75) is 78.6 Å². The van der Waals surface area contributed by atoms with Gasteiger partial charge in [0, 0.05) is 22.5 Å². The zero-order valence-corrected chi connectivity index (χ0v) is 27.0. The van der Waals surface area contributed by atoms with E-state index >= 15 is 0 Å². The van der Waals surface area contributed by atoms with E-state index < -0.39 is 0 Å². The first-order valence-electron chi connectivity index (χ1n) is 13.9. The summed E-state index contributed by atoms with van der Waals surface area (Å²) in [6, 6.07) is 24.1. The second kappa shape index (κ2) is 11.8. The van der Waals surface area contributed by atoms with E-state index in [4.69, 9.17) is 0 Å². The first-order chi connectivity index (χ1) is 18.7. The summed E-state index contributed by atoms with van der Waals surface area (Å²) < 4.78 is 2.67. The van der Waals surface area contributed by atoms with Gasteiger partial charge < -0.3 is 0 Å². The molecule has 0 saturated carbocycles. The number of hydrogen-bond acceptors (Lipinski definition) is 4. The molecular weight excluding hydrogens is 525 g/mol. The lowest BCUT2D eigenvalue weighted by atomic mass is 9.86. The summed E-state index contributed by atoms with van der Waals surface area (Å²) in [5.74, 6) is 0. The molecule has 4 heteroatoms. The van der Waals surface area contributed by atoms with Crippen LogP contribution in [0.4, 0.5) is 0 Å². The molecule has 6 aromatic rings. The Balaban J connectivity index is 0.000000139. The number of hydrogen-bond donors (Lipinski definition) is 0. The number of pyridine rings is 1. The standard InChI is InChI=1S/C13H15N.C12H14S.C11H13NS/c1-13(2,3)12-5-4-10-6-7-14-9-11(10)8-12;1-12(2,3)10-5-4-9-6-7-13-11(9)8-10;1-11(2,3)8-4-5-10-9(6-8)12-7-13-10/h4-9H,1-3H3;4-8H,1-3H3;4-7H,1-3H3. The summed E-state index contributed by atoms with van der Waals surface area (Å²) in [6.07, 6.45) is 3.75. The maximum absolute atomic E-state index is 4.31. The molecule has 0 radical (unpaired) electrons. The number of thiophene rings is 1. The van der Waals surface area contributed by atoms with Gasteiger partial charge in [-0.05, 0) is 85.5 Å². The van der Waals surface area contributed by atoms with Crippen molar-refractivity contribution in [2.24, 2.45) is 0 Å². The molecule has 3 aromatic heterocycles. The molecule has 208 valence electrons. The summed E-state index contributed by atoms with van der Waals surface area (Å²) in [7, 11) is 0. The summed E-state index contributed by atoms with van der Waals surface area (Å²) in [5.41, 5.74) is 7.85. The number of benzene rings is 3. The topological polar surface area (TPSA) is 25.8 Å². The van der Waals surface area contributed by atoms with Gasteiger partial charge in [-0.1, -0.05) is 92.6 Å². The molecule has 2 nitrogen and oxygen atoms in total. The van der Waals surface area contributed by atoms with Crippen molar-refractivity contribution in [3.8, 4) is 0 Å². The Morgan fingerprint density at radius 3 is 1.80 bits per heavy atom. The van der Waals surface area contributed by atoms with E-state index in [-0.39, 0.29) is 16.2 Å². The third kappa shape index (κ3) is 7.56. The number of fused-ring (bicyclic) bond motifs is 3. The van der Waals surface area contributed by atoms with Crippen molar-refractivity contribution in [3.63, 3.8) is 0 Å². The van der Waals surface area contributed by atoms with Crippen LogP contribution in [0.15, 0.2) is 90.0 Å². The highest BCUT2D eigenvalue weighted by Crippen LogP contribution is 2.29. The third-order valence-electron chi connectivity index (χ3n) is 7.03. The van der Waals surface area contributed by atoms with Crippen LogP contribution < -0.4 is 0 Å². The molecule has 0 aliphatic carbocycles. The van der Waals surface area contributed by atoms with Crippen LogP contribution in [-0.4, -0.2) is 9.97 Å². The van der Waals surface area contributed by atoms with Crippen LogP contribution in [0, 0.1) is 0 Å². The lowest BCUT2D eigenvalue weighted by Crippen LogP contribution is -2.10. The Morgan fingerprint density at radius 1 is 0.525 bits per heavy atom. The van der Waals surface area contributed by atoms with Crippen molar-refractivity contribution in [1.82, 2.24) is 9.97 Å². The van der Waals surface area contributed by atoms with Crippen molar-refractivity contribution in [1.29, 1.82) is 0 Å². The molecule has 0 atom stereocenters. The smallest absolute Gasteiger partial charge is 0.0814 e. The largest absolute Gasteiger partial charge is 0.264 e. The van der Waals surface area contributed by atoms with Crippen LogP contribution in [-0.2, 0) is 16.2 Å². The van der Waals surface area contributed by atoms with Gasteiger partial charge in [0.05, 0.1) is 15.7 Å². The minimum Gasteiger partial charge on any atom is -0.264 e. The van der Waals surface area contributed by atoms with Crippen LogP contribution in [0.2, 0.25) is 0 Å². The normalized spacial score (nSPS) is 12.1. The zero-order valence-electron chi connectivity index (χ0n) is 25.4. The van der Waals surface area contributed by atoms with E-state index in [1.807, 2.05) is 35.3 Å². The highest BCUT2D eigenvalue weighted by atomic mass is 32.1. The van der Waals surface area contributed by atoms with Gasteiger partial charge in [0.1, 0.15) is 0 Å². The van der Waals surface area contributed by atoms with E-state index in [2.05, 4.69) is 138 Å². The average Bonchev–Trinajstić information content (AvgIpc) is 3.56. The second-order valence-electron chi connectivity index (χ2n) is 13.4. The van der Waals surface area contributed by atoms with Crippen molar-refractivity contribution >= 4 is 53.7 Å². The van der Waals surface area contributed by atoms with Gasteiger partial charge in [-0.2, -0.15) is 0 Å². The van der Waals surface area contributed by atoms with Crippen LogP contribution in [0.3, 0.4) is 0 Å². The molecular formula is C36H42N2S2. The van der Waals surface area contributed by atoms with Gasteiger partial charge >= 0.3 is 0 Å². The minimum atomic E-state index is 0.212. The molecule has 6 rings (SSSR count). The first-order valence-corrected chi connectivity index (χ1v) is 15.6. The molecule has 0 bridgehead atoms. The van der Waals surface area contributed by atoms with Crippen LogP contribution in [0.25, 0.3) is 31.1 Å². The summed E-state index contributed by atoms with van der Waals surface area (Å²) in [5, 5.41) is 5.99. The molecule has 0 N–H and O–H groups in total. The molecule has 40 heavy (non-hydrogen) atoms. The van der Waals surface area contributed by atoms with Crippen LogP contribution >= 0.6 is 22.7 Å². The fourth-order valence-corrected chi connectivity index (χ4v) is 5.78. The quantitative estimate of drug-likeness (QED) is 0.183. The van der Waals surface area contributed by atoms with Gasteiger partial charge in [-0.3, -0.25) is 4.98 Å². The zero-order chi connectivity index (χ0) is 29.1. The fraction of sp³-hybridized carbons (Fsp3) is 0.333. The van der Waals surface area contributed by atoms with E-state index in [1.165, 1.54) is 42.2 Å². The SMILES string of the molecule is CC(C)(C)c1ccc2ccncc2c1.CC(C)(C)c1ccc2ccsc2c1.CC(C)(C)c1ccc2scnc2c1. The number of thiazole rings is 1. The Labute approximate surface area is 248 Å². The molecule has 0 aliphatic heterocycles. The lowest BCUT2D eigenvalue weighted by molar-refractivity contribution is 0.591. The summed E-state index contributed by atoms with van der Waals surface area (Å²) in [6.45, 7) is 20.1. The van der Waals surface area contributed by atoms with Gasteiger partial charge in [0.15, 0.2) is 0 Å². The lowest BCUT2D eigenvalue weighted by Gasteiger charge is -2.19. The predicted molar refractivity (Wildman–Crippen MR) is 179 cm³/mol. The molecule has 3 aromatic carbocycles. The van der Waals surface area contributed by atoms with Crippen molar-refractivity contribution < 1.29 is 0 Å². The Bertz CT molecular complexity index is 1620. The number of rotatable bonds is 0. The number of nitrogens with zero attached hydrogens (tertiary/aromatic N) is 2. The molecule has 0 fully saturated rings. The highest BCUT2D eigenvalue weighted by Gasteiger charge is 2.15. The maximum Gasteiger partial charge on any atom is 0.0814 e. The number of aromatic nitrogens is 2. The van der Waals surface area contributed by atoms with Gasteiger partial charge in [-0.25, -0.2) is 4.98 Å². The molecule has 0 saturated heterocycles. The highest BCUT2D eigenvalue weighted by molar-refractivity contribution is 7.17. The van der Waals surface area contributed by atoms with E-state index in [1.54, 1.807) is 11.3 Å². The molecule has 0 aliphatic rings. The van der Waals surface area contributed by atoms with E-state index in [9.17, 15) is 0 Å². The van der Waals surface area contributed by atoms with Gasteiger partial charge in [-0.15, -0.1) is 22.7 Å². The Hall–Kier alpha value is -3.08. The molecule has 0 amide bonds. The fourth-order valence-electron chi connectivity index (χ4n) is 4.30. The molecule has 0 unspecified atom stereocenters. The Morgan fingerprint density at radius 2 is 1.12 bits per heavy atom. The Kier molecular flexibility index (Phi) is 8.82. The second-order valence-corrected chi connectivity index (χ2v) is 15.2. The summed E-state index contributed by atoms with van der Waals surface area (Å²) >= 11 is 3.51. The monoisotopic (exact) mass is 566 g/mol.